The van der Waals surface area contributed by atoms with Gasteiger partial charge in [0.1, 0.15) is 16.9 Å². The van der Waals surface area contributed by atoms with E-state index in [1.54, 1.807) is 11.5 Å². The van der Waals surface area contributed by atoms with E-state index in [2.05, 4.69) is 20.3 Å². The Morgan fingerprint density at radius 1 is 1.19 bits per heavy atom. The molecule has 1 aromatic carbocycles. The van der Waals surface area contributed by atoms with Gasteiger partial charge in [0, 0.05) is 24.2 Å². The molecule has 0 amide bonds. The summed E-state index contributed by atoms with van der Waals surface area (Å²) in [6.45, 7) is 2.68. The average molecular weight is 458 g/mol. The van der Waals surface area contributed by atoms with Gasteiger partial charge in [0.2, 0.25) is 17.7 Å². The van der Waals surface area contributed by atoms with Crippen molar-refractivity contribution >= 4 is 28.6 Å². The number of alkyl halides is 3. The maximum atomic E-state index is 13.6. The summed E-state index contributed by atoms with van der Waals surface area (Å²) >= 11 is 6.65. The fourth-order valence-corrected chi connectivity index (χ4v) is 4.00. The van der Waals surface area contributed by atoms with E-state index in [1.165, 1.54) is 20.3 Å². The van der Waals surface area contributed by atoms with Crippen LogP contribution in [0, 0.1) is 6.92 Å². The second kappa shape index (κ2) is 7.72. The average Bonchev–Trinajstić information content (AvgIpc) is 3.13. The lowest BCUT2D eigenvalue weighted by molar-refractivity contribution is -0.206. The molecule has 8 nitrogen and oxygen atoms in total. The smallest absolute Gasteiger partial charge is 0.418 e. The Morgan fingerprint density at radius 3 is 2.42 bits per heavy atom. The van der Waals surface area contributed by atoms with Gasteiger partial charge in [0.25, 0.3) is 0 Å². The van der Waals surface area contributed by atoms with Crippen molar-refractivity contribution in [1.82, 2.24) is 19.5 Å². The van der Waals surface area contributed by atoms with E-state index in [0.717, 1.165) is 0 Å². The van der Waals surface area contributed by atoms with Gasteiger partial charge in [-0.3, -0.25) is 0 Å². The first kappa shape index (κ1) is 21.4. The fourth-order valence-electron chi connectivity index (χ4n) is 3.72. The summed E-state index contributed by atoms with van der Waals surface area (Å²) in [6, 6.07) is 1.17. The standard InChI is InChI=1S/C19H19ClF3N5O3/c1-8-25-16(30-2)11(17(26-8)31-3)9-7-10(15(29)19(21,22)23)14-13(12(9)20)27-18-24-5-4-6-28(14)18/h7,15,29H,4-6H2,1-3H3,(H,24,27). The van der Waals surface area contributed by atoms with Crippen LogP contribution in [0.25, 0.3) is 22.2 Å². The first-order valence-corrected chi connectivity index (χ1v) is 9.73. The zero-order valence-electron chi connectivity index (χ0n) is 16.8. The van der Waals surface area contributed by atoms with Crippen molar-refractivity contribution in [3.63, 3.8) is 0 Å². The molecule has 0 aliphatic carbocycles. The Bertz CT molecular complexity index is 1140. The Morgan fingerprint density at radius 2 is 1.84 bits per heavy atom. The lowest BCUT2D eigenvalue weighted by Crippen LogP contribution is -2.22. The number of aromatic nitrogens is 4. The van der Waals surface area contributed by atoms with Gasteiger partial charge < -0.3 is 24.5 Å². The summed E-state index contributed by atoms with van der Waals surface area (Å²) in [5, 5.41) is 13.3. The lowest BCUT2D eigenvalue weighted by atomic mass is 9.99. The molecule has 2 aromatic heterocycles. The molecule has 4 rings (SSSR count). The number of aliphatic hydroxyl groups excluding tert-OH is 1. The van der Waals surface area contributed by atoms with Crippen LogP contribution in [0.5, 0.6) is 11.8 Å². The number of nitrogens with one attached hydrogen (secondary N) is 1. The molecule has 1 atom stereocenters. The second-order valence-electron chi connectivity index (χ2n) is 7.00. The maximum absolute atomic E-state index is 13.6. The van der Waals surface area contributed by atoms with Gasteiger partial charge >= 0.3 is 6.18 Å². The summed E-state index contributed by atoms with van der Waals surface area (Å²) in [4.78, 5) is 12.8. The Kier molecular flexibility index (Phi) is 5.34. The van der Waals surface area contributed by atoms with Crippen molar-refractivity contribution in [2.45, 2.75) is 32.2 Å². The van der Waals surface area contributed by atoms with Gasteiger partial charge in [-0.1, -0.05) is 11.6 Å². The molecule has 3 aromatic rings. The molecule has 2 N–H and O–H groups in total. The molecule has 1 aliphatic rings. The summed E-state index contributed by atoms with van der Waals surface area (Å²) in [5.74, 6) is 0.863. The number of hydrogen-bond donors (Lipinski definition) is 2. The minimum absolute atomic E-state index is 0.0696. The second-order valence-corrected chi connectivity index (χ2v) is 7.38. The molecule has 0 fully saturated rings. The third-order valence-electron chi connectivity index (χ3n) is 5.04. The molecule has 0 spiro atoms. The number of halogens is 4. The number of benzene rings is 1. The number of rotatable bonds is 4. The summed E-state index contributed by atoms with van der Waals surface area (Å²) in [7, 11) is 2.73. The molecule has 0 bridgehead atoms. The summed E-state index contributed by atoms with van der Waals surface area (Å²) in [5.41, 5.74) is 0.126. The Balaban J connectivity index is 2.11. The highest BCUT2D eigenvalue weighted by molar-refractivity contribution is 6.38. The monoisotopic (exact) mass is 457 g/mol. The van der Waals surface area contributed by atoms with Crippen LogP contribution in [0.4, 0.5) is 19.1 Å². The van der Waals surface area contributed by atoms with E-state index >= 15 is 0 Å². The van der Waals surface area contributed by atoms with Crippen molar-refractivity contribution in [3.05, 3.63) is 22.5 Å². The number of aliphatic hydroxyl groups is 1. The molecule has 12 heteroatoms. The highest BCUT2D eigenvalue weighted by Gasteiger charge is 2.42. The molecule has 0 radical (unpaired) electrons. The van der Waals surface area contributed by atoms with Crippen molar-refractivity contribution in [2.75, 3.05) is 26.1 Å². The van der Waals surface area contributed by atoms with Gasteiger partial charge in [0.05, 0.1) is 24.8 Å². The largest absolute Gasteiger partial charge is 0.480 e. The first-order chi connectivity index (χ1) is 14.7. The Labute approximate surface area is 180 Å². The van der Waals surface area contributed by atoms with Crippen LogP contribution in [0.2, 0.25) is 5.02 Å². The number of nitrogens with zero attached hydrogens (tertiary/aromatic N) is 4. The summed E-state index contributed by atoms with van der Waals surface area (Å²) in [6.07, 6.45) is -6.97. The van der Waals surface area contributed by atoms with Crippen LogP contribution in [0.1, 0.15) is 23.9 Å². The minimum Gasteiger partial charge on any atom is -0.480 e. The van der Waals surface area contributed by atoms with Crippen LogP contribution in [-0.2, 0) is 6.54 Å². The molecule has 31 heavy (non-hydrogen) atoms. The zero-order valence-corrected chi connectivity index (χ0v) is 17.6. The molecule has 0 saturated carbocycles. The van der Waals surface area contributed by atoms with Crippen molar-refractivity contribution in [2.24, 2.45) is 0 Å². The van der Waals surface area contributed by atoms with Crippen LogP contribution in [-0.4, -0.2) is 51.6 Å². The highest BCUT2D eigenvalue weighted by Crippen LogP contribution is 2.47. The minimum atomic E-state index is -4.90. The Hall–Kier alpha value is -2.79. The fraction of sp³-hybridized carbons (Fsp3) is 0.421. The van der Waals surface area contributed by atoms with Crippen LogP contribution < -0.4 is 14.8 Å². The van der Waals surface area contributed by atoms with Gasteiger partial charge in [-0.05, 0) is 19.4 Å². The number of aryl methyl sites for hydroxylation is 2. The van der Waals surface area contributed by atoms with Crippen molar-refractivity contribution < 1.29 is 27.8 Å². The number of methoxy groups -OCH3 is 2. The van der Waals surface area contributed by atoms with E-state index in [1.807, 2.05) is 0 Å². The molecule has 0 saturated heterocycles. The van der Waals surface area contributed by atoms with Crippen LogP contribution >= 0.6 is 11.6 Å². The highest BCUT2D eigenvalue weighted by atomic mass is 35.5. The summed E-state index contributed by atoms with van der Waals surface area (Å²) < 4.78 is 53.0. The van der Waals surface area contributed by atoms with E-state index < -0.39 is 12.3 Å². The predicted molar refractivity (Wildman–Crippen MR) is 108 cm³/mol. The third-order valence-corrected chi connectivity index (χ3v) is 5.42. The number of ether oxygens (including phenoxy) is 2. The van der Waals surface area contributed by atoms with Crippen LogP contribution in [0.15, 0.2) is 6.07 Å². The van der Waals surface area contributed by atoms with E-state index in [4.69, 9.17) is 21.1 Å². The SMILES string of the molecule is COc1nc(C)nc(OC)c1-c1cc(C(O)C(F)(F)F)c2c(nc3n2CCCN3)c1Cl. The quantitative estimate of drug-likeness (QED) is 0.614. The van der Waals surface area contributed by atoms with Crippen molar-refractivity contribution in [3.8, 4) is 22.9 Å². The van der Waals surface area contributed by atoms with Crippen molar-refractivity contribution in [1.29, 1.82) is 0 Å². The van der Waals surface area contributed by atoms with E-state index in [-0.39, 0.29) is 44.5 Å². The lowest BCUT2D eigenvalue weighted by Gasteiger charge is -2.21. The molecule has 166 valence electrons. The molecule has 1 aliphatic heterocycles. The number of anilines is 1. The third kappa shape index (κ3) is 3.51. The van der Waals surface area contributed by atoms with E-state index in [0.29, 0.717) is 31.3 Å². The topological polar surface area (TPSA) is 94.3 Å². The van der Waals surface area contributed by atoms with Crippen LogP contribution in [0.3, 0.4) is 0 Å². The normalized spacial score (nSPS) is 14.8. The van der Waals surface area contributed by atoms with E-state index in [9.17, 15) is 18.3 Å². The molecular weight excluding hydrogens is 439 g/mol. The number of hydrogen-bond acceptors (Lipinski definition) is 7. The van der Waals surface area contributed by atoms with Gasteiger partial charge in [-0.15, -0.1) is 0 Å². The molecular formula is C19H19ClF3N5O3. The van der Waals surface area contributed by atoms with Gasteiger partial charge in [-0.25, -0.2) is 4.98 Å². The molecule has 1 unspecified atom stereocenters. The zero-order chi connectivity index (χ0) is 22.5. The van der Waals surface area contributed by atoms with Gasteiger partial charge in [-0.2, -0.15) is 23.1 Å². The predicted octanol–water partition coefficient (Wildman–Crippen LogP) is 3.88. The maximum Gasteiger partial charge on any atom is 0.418 e. The first-order valence-electron chi connectivity index (χ1n) is 9.35. The molecule has 3 heterocycles. The van der Waals surface area contributed by atoms with Gasteiger partial charge in [0.15, 0.2) is 6.10 Å². The number of fused-ring (bicyclic) bond motifs is 3. The number of imidazole rings is 1.